The predicted molar refractivity (Wildman–Crippen MR) is 166 cm³/mol. The summed E-state index contributed by atoms with van der Waals surface area (Å²) in [5, 5.41) is 37.8. The van der Waals surface area contributed by atoms with Gasteiger partial charge in [0.05, 0.1) is 38.6 Å². The Labute approximate surface area is 250 Å². The van der Waals surface area contributed by atoms with Crippen LogP contribution in [0, 0.1) is 13.8 Å². The molecule has 42 heavy (non-hydrogen) atoms. The van der Waals surface area contributed by atoms with Gasteiger partial charge in [-0.25, -0.2) is 0 Å². The van der Waals surface area contributed by atoms with Gasteiger partial charge in [0.25, 0.3) is 0 Å². The van der Waals surface area contributed by atoms with Crippen LogP contribution in [0.3, 0.4) is 0 Å². The topological polar surface area (TPSA) is 116 Å². The minimum atomic E-state index is -0.771. The van der Waals surface area contributed by atoms with Crippen LogP contribution in [0.15, 0.2) is 60.9 Å². The van der Waals surface area contributed by atoms with Crippen molar-refractivity contribution in [1.29, 1.82) is 0 Å². The molecule has 4 N–H and O–H groups in total. The quantitative estimate of drug-likeness (QED) is 0.146. The summed E-state index contributed by atoms with van der Waals surface area (Å²) < 4.78 is 12.3. The minimum absolute atomic E-state index is 0.184. The number of hydrogen-bond donors (Lipinski definition) is 4. The van der Waals surface area contributed by atoms with Gasteiger partial charge in [-0.05, 0) is 92.0 Å². The van der Waals surface area contributed by atoms with Crippen LogP contribution in [-0.2, 0) is 6.42 Å². The second-order valence-corrected chi connectivity index (χ2v) is 10.8. The van der Waals surface area contributed by atoms with Crippen molar-refractivity contribution in [3.05, 3.63) is 77.6 Å². The molecule has 0 unspecified atom stereocenters. The van der Waals surface area contributed by atoms with Gasteiger partial charge in [-0.2, -0.15) is 0 Å². The van der Waals surface area contributed by atoms with Crippen molar-refractivity contribution in [2.45, 2.75) is 64.6 Å². The average molecular weight is 581 g/mol. The van der Waals surface area contributed by atoms with Crippen LogP contribution >= 0.6 is 0 Å². The minimum Gasteiger partial charge on any atom is -0.493 e. The first-order valence-corrected chi connectivity index (χ1v) is 15.1. The Morgan fingerprint density at radius 2 is 1.38 bits per heavy atom. The highest BCUT2D eigenvalue weighted by atomic mass is 16.5. The number of aliphatic hydroxyl groups is 4. The average Bonchev–Trinajstić information content (AvgIpc) is 3.01. The Morgan fingerprint density at radius 3 is 1.98 bits per heavy atom. The number of aromatic nitrogens is 1. The van der Waals surface area contributed by atoms with Crippen molar-refractivity contribution >= 4 is 0 Å². The monoisotopic (exact) mass is 580 g/mol. The summed E-state index contributed by atoms with van der Waals surface area (Å²) in [5.41, 5.74) is 5.52. The summed E-state index contributed by atoms with van der Waals surface area (Å²) in [6.45, 7) is 6.79. The molecule has 2 aromatic carbocycles. The molecule has 8 heteroatoms. The fourth-order valence-electron chi connectivity index (χ4n) is 5.01. The number of hydrogen-bond acceptors (Lipinski definition) is 8. The van der Waals surface area contributed by atoms with E-state index in [1.165, 1.54) is 0 Å². The normalized spacial score (nSPS) is 12.8. The van der Waals surface area contributed by atoms with E-state index in [0.717, 1.165) is 84.5 Å². The maximum atomic E-state index is 10.0. The molecule has 0 bridgehead atoms. The van der Waals surface area contributed by atoms with Gasteiger partial charge in [0.1, 0.15) is 11.5 Å². The second kappa shape index (κ2) is 18.5. The predicted octanol–water partition coefficient (Wildman–Crippen LogP) is 4.32. The van der Waals surface area contributed by atoms with Crippen LogP contribution < -0.4 is 9.47 Å². The molecule has 0 saturated heterocycles. The van der Waals surface area contributed by atoms with Gasteiger partial charge in [0, 0.05) is 32.0 Å². The van der Waals surface area contributed by atoms with E-state index in [2.05, 4.69) is 35.9 Å². The maximum Gasteiger partial charge on any atom is 0.122 e. The number of nitrogens with zero attached hydrogens (tertiary/aromatic N) is 2. The first-order chi connectivity index (χ1) is 20.4. The van der Waals surface area contributed by atoms with Crippen molar-refractivity contribution in [2.24, 2.45) is 0 Å². The van der Waals surface area contributed by atoms with E-state index in [-0.39, 0.29) is 13.2 Å². The molecule has 0 radical (unpaired) electrons. The molecule has 0 aliphatic carbocycles. The molecule has 230 valence electrons. The van der Waals surface area contributed by atoms with Crippen LogP contribution in [-0.4, -0.2) is 88.6 Å². The molecule has 1 heterocycles. The number of pyridine rings is 1. The van der Waals surface area contributed by atoms with E-state index in [0.29, 0.717) is 26.2 Å². The summed E-state index contributed by atoms with van der Waals surface area (Å²) >= 11 is 0. The molecule has 2 atom stereocenters. The summed E-state index contributed by atoms with van der Waals surface area (Å²) in [6, 6.07) is 16.2. The molecule has 0 spiro atoms. The molecule has 0 saturated carbocycles. The van der Waals surface area contributed by atoms with Crippen LogP contribution in [0.25, 0.3) is 11.1 Å². The zero-order valence-electron chi connectivity index (χ0n) is 25.1. The molecule has 8 nitrogen and oxygen atoms in total. The Bertz CT molecular complexity index is 1180. The second-order valence-electron chi connectivity index (χ2n) is 10.8. The van der Waals surface area contributed by atoms with Gasteiger partial charge >= 0.3 is 0 Å². The molecule has 3 rings (SSSR count). The van der Waals surface area contributed by atoms with Crippen molar-refractivity contribution < 1.29 is 29.9 Å². The molecular weight excluding hydrogens is 532 g/mol. The lowest BCUT2D eigenvalue weighted by Gasteiger charge is -2.24. The molecule has 3 aromatic rings. The van der Waals surface area contributed by atoms with E-state index < -0.39 is 12.2 Å². The van der Waals surface area contributed by atoms with Crippen molar-refractivity contribution in [3.63, 3.8) is 0 Å². The fourth-order valence-corrected chi connectivity index (χ4v) is 5.01. The third-order valence-corrected chi connectivity index (χ3v) is 7.50. The molecule has 1 aromatic heterocycles. The highest BCUT2D eigenvalue weighted by molar-refractivity contribution is 5.74. The Morgan fingerprint density at radius 1 is 0.738 bits per heavy atom. The van der Waals surface area contributed by atoms with Gasteiger partial charge in [-0.3, -0.25) is 4.98 Å². The van der Waals surface area contributed by atoms with E-state index in [9.17, 15) is 15.3 Å². The molecule has 0 aliphatic rings. The van der Waals surface area contributed by atoms with Gasteiger partial charge in [0.15, 0.2) is 0 Å². The summed E-state index contributed by atoms with van der Waals surface area (Å²) in [7, 11) is 0. The van der Waals surface area contributed by atoms with Crippen LogP contribution in [0.2, 0.25) is 0 Å². The van der Waals surface area contributed by atoms with E-state index in [1.54, 1.807) is 6.20 Å². The van der Waals surface area contributed by atoms with E-state index in [4.69, 9.17) is 14.6 Å². The van der Waals surface area contributed by atoms with Gasteiger partial charge in [-0.15, -0.1) is 0 Å². The lowest BCUT2D eigenvalue weighted by molar-refractivity contribution is 0.0578. The zero-order valence-corrected chi connectivity index (χ0v) is 25.1. The van der Waals surface area contributed by atoms with Crippen molar-refractivity contribution in [1.82, 2.24) is 9.88 Å². The van der Waals surface area contributed by atoms with Crippen LogP contribution in [0.4, 0.5) is 0 Å². The van der Waals surface area contributed by atoms with Crippen molar-refractivity contribution in [2.75, 3.05) is 46.1 Å². The molecule has 0 amide bonds. The highest BCUT2D eigenvalue weighted by Crippen LogP contribution is 2.35. The summed E-state index contributed by atoms with van der Waals surface area (Å²) in [6.07, 6.45) is 7.14. The summed E-state index contributed by atoms with van der Waals surface area (Å²) in [4.78, 5) is 6.34. The number of unbranched alkanes of at least 4 members (excludes halogenated alkanes) is 2. The van der Waals surface area contributed by atoms with Gasteiger partial charge in [-0.1, -0.05) is 36.8 Å². The Kier molecular flexibility index (Phi) is 14.8. The Balaban J connectivity index is 1.54. The van der Waals surface area contributed by atoms with E-state index in [1.807, 2.05) is 42.6 Å². The molecule has 0 fully saturated rings. The zero-order chi connectivity index (χ0) is 30.2. The third kappa shape index (κ3) is 11.0. The fraction of sp³-hybridized carbons (Fsp3) is 0.500. The number of rotatable bonds is 20. The first-order valence-electron chi connectivity index (χ1n) is 15.1. The van der Waals surface area contributed by atoms with E-state index >= 15 is 0 Å². The number of ether oxygens (including phenoxy) is 2. The number of aliphatic hydroxyl groups excluding tert-OH is 4. The third-order valence-electron chi connectivity index (χ3n) is 7.50. The molecule has 0 aliphatic heterocycles. The lowest BCUT2D eigenvalue weighted by atomic mass is 9.95. The standard InChI is InChI=1S/C34H48N2O6/c1-26-31(12-6-14-33(26)41-20-5-3-4-11-29(39)24-37)32-13-7-15-34(27(32)2)42-21-9-18-36(23-30(40)25-38)19-16-28-10-8-17-35-22-28/h6-8,10,12-15,17,22,29-30,37-40H,3-5,9,11,16,18-21,23-25H2,1-2H3/t29-,30-/m0/s1. The number of benzene rings is 2. The highest BCUT2D eigenvalue weighted by Gasteiger charge is 2.14. The lowest BCUT2D eigenvalue weighted by Crippen LogP contribution is -2.37. The molecular formula is C34H48N2O6. The largest absolute Gasteiger partial charge is 0.493 e. The first kappa shape index (κ1) is 33.5. The Hall–Kier alpha value is -3.01. The smallest absolute Gasteiger partial charge is 0.122 e. The SMILES string of the molecule is Cc1c(OCCCCC[C@H](O)CO)cccc1-c1cccc(OCCCN(CCc2cccnc2)C[C@H](O)CO)c1C. The maximum absolute atomic E-state index is 10.0. The summed E-state index contributed by atoms with van der Waals surface area (Å²) in [5.74, 6) is 1.71. The van der Waals surface area contributed by atoms with Crippen LogP contribution in [0.5, 0.6) is 11.5 Å². The van der Waals surface area contributed by atoms with Gasteiger partial charge < -0.3 is 34.8 Å². The van der Waals surface area contributed by atoms with Crippen LogP contribution in [0.1, 0.15) is 48.8 Å². The van der Waals surface area contributed by atoms with Crippen molar-refractivity contribution in [3.8, 4) is 22.6 Å². The van der Waals surface area contributed by atoms with Gasteiger partial charge in [0.2, 0.25) is 0 Å².